The SMILES string of the molecule is N#Cc1cc(F)ccc1Nc1nc(Cl)nc2sccc12. The van der Waals surface area contributed by atoms with Crippen LogP contribution in [0.2, 0.25) is 5.28 Å². The Morgan fingerprint density at radius 3 is 2.95 bits per heavy atom. The summed E-state index contributed by atoms with van der Waals surface area (Å²) in [5.74, 6) is 0.0258. The lowest BCUT2D eigenvalue weighted by molar-refractivity contribution is 0.627. The van der Waals surface area contributed by atoms with Crippen LogP contribution in [0.1, 0.15) is 5.56 Å². The number of nitriles is 1. The number of hydrogen-bond acceptors (Lipinski definition) is 5. The molecule has 0 spiro atoms. The molecule has 0 fully saturated rings. The number of rotatable bonds is 2. The quantitative estimate of drug-likeness (QED) is 0.724. The molecular formula is C13H6ClFN4S. The van der Waals surface area contributed by atoms with Gasteiger partial charge in [-0.1, -0.05) is 0 Å². The summed E-state index contributed by atoms with van der Waals surface area (Å²) in [6.07, 6.45) is 0. The summed E-state index contributed by atoms with van der Waals surface area (Å²) in [6.45, 7) is 0. The van der Waals surface area contributed by atoms with Crippen LogP contribution in [0.5, 0.6) is 0 Å². The number of fused-ring (bicyclic) bond motifs is 1. The molecule has 0 unspecified atom stereocenters. The molecule has 2 heterocycles. The molecule has 0 aliphatic rings. The predicted octanol–water partition coefficient (Wildman–Crippen LogP) is 4.10. The van der Waals surface area contributed by atoms with Gasteiger partial charge in [-0.15, -0.1) is 11.3 Å². The molecule has 3 aromatic rings. The normalized spacial score (nSPS) is 10.4. The van der Waals surface area contributed by atoms with Gasteiger partial charge in [0.1, 0.15) is 22.5 Å². The van der Waals surface area contributed by atoms with Crippen LogP contribution in [-0.2, 0) is 0 Å². The Kier molecular flexibility index (Phi) is 3.22. The molecular weight excluding hydrogens is 299 g/mol. The second kappa shape index (κ2) is 5.04. The zero-order valence-electron chi connectivity index (χ0n) is 9.89. The van der Waals surface area contributed by atoms with Crippen LogP contribution < -0.4 is 5.32 Å². The molecule has 0 atom stereocenters. The van der Waals surface area contributed by atoms with E-state index in [1.54, 1.807) is 0 Å². The summed E-state index contributed by atoms with van der Waals surface area (Å²) >= 11 is 7.30. The van der Waals surface area contributed by atoms with Crippen molar-refractivity contribution >= 4 is 44.7 Å². The first-order valence-electron chi connectivity index (χ1n) is 5.55. The molecule has 3 rings (SSSR count). The molecule has 1 aromatic carbocycles. The maximum absolute atomic E-state index is 13.1. The molecule has 0 aliphatic carbocycles. The summed E-state index contributed by atoms with van der Waals surface area (Å²) in [5, 5.41) is 14.8. The standard InChI is InChI=1S/C13H6ClFN4S/c14-13-18-11(9-3-4-20-12(9)19-13)17-10-2-1-8(15)5-7(10)6-16/h1-5H,(H,17,18,19). The predicted molar refractivity (Wildman–Crippen MR) is 76.8 cm³/mol. The molecule has 4 nitrogen and oxygen atoms in total. The molecule has 0 saturated heterocycles. The van der Waals surface area contributed by atoms with E-state index >= 15 is 0 Å². The third-order valence-electron chi connectivity index (χ3n) is 2.65. The van der Waals surface area contributed by atoms with Gasteiger partial charge in [-0.25, -0.2) is 9.37 Å². The van der Waals surface area contributed by atoms with E-state index in [9.17, 15) is 4.39 Å². The van der Waals surface area contributed by atoms with Crippen LogP contribution in [0.15, 0.2) is 29.6 Å². The molecule has 7 heteroatoms. The minimum atomic E-state index is -0.464. The summed E-state index contributed by atoms with van der Waals surface area (Å²) in [5.41, 5.74) is 0.666. The second-order valence-corrected chi connectivity index (χ2v) is 5.14. The largest absolute Gasteiger partial charge is 0.338 e. The minimum absolute atomic E-state index is 0.114. The van der Waals surface area contributed by atoms with Crippen molar-refractivity contribution in [1.29, 1.82) is 5.26 Å². The van der Waals surface area contributed by atoms with Gasteiger partial charge in [0.2, 0.25) is 5.28 Å². The minimum Gasteiger partial charge on any atom is -0.338 e. The number of aromatic nitrogens is 2. The average molecular weight is 305 g/mol. The lowest BCUT2D eigenvalue weighted by Crippen LogP contribution is -1.98. The van der Waals surface area contributed by atoms with Crippen molar-refractivity contribution < 1.29 is 4.39 Å². The number of nitrogens with zero attached hydrogens (tertiary/aromatic N) is 3. The van der Waals surface area contributed by atoms with Crippen molar-refractivity contribution in [3.05, 3.63) is 46.3 Å². The van der Waals surface area contributed by atoms with E-state index in [0.717, 1.165) is 16.3 Å². The number of halogens is 2. The molecule has 0 bridgehead atoms. The fourth-order valence-corrected chi connectivity index (χ4v) is 2.75. The third kappa shape index (κ3) is 2.29. The van der Waals surface area contributed by atoms with Crippen molar-refractivity contribution in [2.24, 2.45) is 0 Å². The first kappa shape index (κ1) is 12.8. The smallest absolute Gasteiger partial charge is 0.225 e. The highest BCUT2D eigenvalue weighted by atomic mass is 35.5. The van der Waals surface area contributed by atoms with E-state index in [-0.39, 0.29) is 10.8 Å². The Morgan fingerprint density at radius 1 is 1.30 bits per heavy atom. The van der Waals surface area contributed by atoms with Gasteiger partial charge in [0.15, 0.2) is 0 Å². The molecule has 0 saturated carbocycles. The van der Waals surface area contributed by atoms with E-state index < -0.39 is 5.82 Å². The monoisotopic (exact) mass is 304 g/mol. The molecule has 20 heavy (non-hydrogen) atoms. The van der Waals surface area contributed by atoms with Crippen LogP contribution in [0.4, 0.5) is 15.9 Å². The average Bonchev–Trinajstić information content (AvgIpc) is 2.88. The topological polar surface area (TPSA) is 61.6 Å². The highest BCUT2D eigenvalue weighted by Gasteiger charge is 2.10. The number of anilines is 2. The molecule has 0 radical (unpaired) electrons. The van der Waals surface area contributed by atoms with E-state index in [1.165, 1.54) is 23.5 Å². The van der Waals surface area contributed by atoms with Crippen LogP contribution >= 0.6 is 22.9 Å². The number of thiophene rings is 1. The van der Waals surface area contributed by atoms with Gasteiger partial charge in [0.05, 0.1) is 16.6 Å². The summed E-state index contributed by atoms with van der Waals surface area (Å²) in [7, 11) is 0. The molecule has 0 aliphatic heterocycles. The van der Waals surface area contributed by atoms with Crippen LogP contribution in [0.3, 0.4) is 0 Å². The summed E-state index contributed by atoms with van der Waals surface area (Å²) < 4.78 is 13.1. The lowest BCUT2D eigenvalue weighted by Gasteiger charge is -2.08. The van der Waals surface area contributed by atoms with Crippen molar-refractivity contribution in [1.82, 2.24) is 9.97 Å². The van der Waals surface area contributed by atoms with Crippen LogP contribution in [0.25, 0.3) is 10.2 Å². The number of nitrogens with one attached hydrogen (secondary N) is 1. The van der Waals surface area contributed by atoms with Crippen LogP contribution in [0, 0.1) is 17.1 Å². The number of benzene rings is 1. The fraction of sp³-hybridized carbons (Fsp3) is 0. The summed E-state index contributed by atoms with van der Waals surface area (Å²) in [6, 6.07) is 7.72. The van der Waals surface area contributed by atoms with Gasteiger partial charge < -0.3 is 5.32 Å². The Balaban J connectivity index is 2.10. The van der Waals surface area contributed by atoms with Crippen molar-refractivity contribution in [3.63, 3.8) is 0 Å². The Morgan fingerprint density at radius 2 is 2.15 bits per heavy atom. The lowest BCUT2D eigenvalue weighted by atomic mass is 10.2. The highest BCUT2D eigenvalue weighted by molar-refractivity contribution is 7.16. The molecule has 1 N–H and O–H groups in total. The zero-order valence-corrected chi connectivity index (χ0v) is 11.5. The first-order chi connectivity index (χ1) is 9.67. The van der Waals surface area contributed by atoms with Crippen molar-refractivity contribution in [3.8, 4) is 6.07 Å². The van der Waals surface area contributed by atoms with E-state index in [4.69, 9.17) is 16.9 Å². The van der Waals surface area contributed by atoms with Crippen LogP contribution in [-0.4, -0.2) is 9.97 Å². The van der Waals surface area contributed by atoms with Gasteiger partial charge in [-0.05, 0) is 41.2 Å². The van der Waals surface area contributed by atoms with E-state index in [1.807, 2.05) is 17.5 Å². The van der Waals surface area contributed by atoms with Gasteiger partial charge in [0, 0.05) is 0 Å². The zero-order chi connectivity index (χ0) is 14.1. The van der Waals surface area contributed by atoms with E-state index in [2.05, 4.69) is 15.3 Å². The maximum Gasteiger partial charge on any atom is 0.225 e. The Labute approximate surface area is 122 Å². The third-order valence-corrected chi connectivity index (χ3v) is 3.63. The highest BCUT2D eigenvalue weighted by Crippen LogP contribution is 2.29. The molecule has 2 aromatic heterocycles. The molecule has 98 valence electrons. The second-order valence-electron chi connectivity index (χ2n) is 3.91. The fourth-order valence-electron chi connectivity index (χ4n) is 1.77. The van der Waals surface area contributed by atoms with Gasteiger partial charge >= 0.3 is 0 Å². The van der Waals surface area contributed by atoms with Gasteiger partial charge in [-0.2, -0.15) is 10.2 Å². The van der Waals surface area contributed by atoms with E-state index in [0.29, 0.717) is 11.5 Å². The molecule has 0 amide bonds. The van der Waals surface area contributed by atoms with Gasteiger partial charge in [-0.3, -0.25) is 0 Å². The van der Waals surface area contributed by atoms with Gasteiger partial charge in [0.25, 0.3) is 0 Å². The number of hydrogen-bond donors (Lipinski definition) is 1. The summed E-state index contributed by atoms with van der Waals surface area (Å²) in [4.78, 5) is 8.96. The maximum atomic E-state index is 13.1. The first-order valence-corrected chi connectivity index (χ1v) is 6.80. The van der Waals surface area contributed by atoms with Crippen molar-refractivity contribution in [2.75, 3.05) is 5.32 Å². The Hall–Kier alpha value is -2.23. The van der Waals surface area contributed by atoms with Crippen molar-refractivity contribution in [2.45, 2.75) is 0 Å². The Bertz CT molecular complexity index is 840.